The topological polar surface area (TPSA) is 40.5 Å². The normalized spacial score (nSPS) is 12.6. The van der Waals surface area contributed by atoms with Gasteiger partial charge < -0.3 is 10.2 Å². The molecule has 0 unspecified atom stereocenters. The van der Waals surface area contributed by atoms with E-state index < -0.39 is 0 Å². The van der Waals surface area contributed by atoms with Crippen LogP contribution in [0, 0.1) is 10.8 Å². The Balaban J connectivity index is 2.76. The van der Waals surface area contributed by atoms with E-state index in [1.165, 1.54) is 18.4 Å². The molecule has 2 heteroatoms. The van der Waals surface area contributed by atoms with Crippen molar-refractivity contribution in [2.75, 3.05) is 0 Å². The van der Waals surface area contributed by atoms with Crippen molar-refractivity contribution in [3.8, 4) is 11.5 Å². The van der Waals surface area contributed by atoms with Gasteiger partial charge in [0.15, 0.2) is 11.5 Å². The van der Waals surface area contributed by atoms with Gasteiger partial charge >= 0.3 is 0 Å². The first-order chi connectivity index (χ1) is 10.6. The summed E-state index contributed by atoms with van der Waals surface area (Å²) in [6, 6.07) is 3.61. The summed E-state index contributed by atoms with van der Waals surface area (Å²) in [6.45, 7) is 13.6. The number of aryl methyl sites for hydroxylation is 1. The smallest absolute Gasteiger partial charge is 0.160 e. The Morgan fingerprint density at radius 1 is 0.870 bits per heavy atom. The molecule has 1 rings (SSSR count). The zero-order valence-corrected chi connectivity index (χ0v) is 16.0. The maximum absolute atomic E-state index is 10.3. The molecule has 0 fully saturated rings. The van der Waals surface area contributed by atoms with Gasteiger partial charge in [-0.2, -0.15) is 0 Å². The summed E-state index contributed by atoms with van der Waals surface area (Å²) in [5.74, 6) is 0.0968. The summed E-state index contributed by atoms with van der Waals surface area (Å²) in [5.41, 5.74) is 2.83. The van der Waals surface area contributed by atoms with Crippen LogP contribution in [0.25, 0.3) is 0 Å². The quantitative estimate of drug-likeness (QED) is 0.558. The molecule has 0 atom stereocenters. The van der Waals surface area contributed by atoms with E-state index in [1.807, 2.05) is 6.07 Å². The van der Waals surface area contributed by atoms with Crippen molar-refractivity contribution in [3.05, 3.63) is 23.3 Å². The maximum Gasteiger partial charge on any atom is 0.160 e. The molecule has 0 radical (unpaired) electrons. The Morgan fingerprint density at radius 2 is 1.48 bits per heavy atom. The monoisotopic (exact) mass is 320 g/mol. The molecular formula is C21H36O2. The second-order valence-electron chi connectivity index (χ2n) is 8.86. The van der Waals surface area contributed by atoms with E-state index in [4.69, 9.17) is 0 Å². The van der Waals surface area contributed by atoms with E-state index in [9.17, 15) is 10.2 Å². The number of hydrogen-bond acceptors (Lipinski definition) is 2. The minimum atomic E-state index is 0.00777. The highest BCUT2D eigenvalue weighted by Gasteiger charge is 2.17. The van der Waals surface area contributed by atoms with Crippen LogP contribution in [0.5, 0.6) is 11.5 Å². The predicted octanol–water partition coefficient (Wildman–Crippen LogP) is 6.23. The van der Waals surface area contributed by atoms with Gasteiger partial charge in [-0.05, 0) is 61.0 Å². The lowest BCUT2D eigenvalue weighted by Gasteiger charge is -2.23. The Labute approximate surface area is 142 Å². The Bertz CT molecular complexity index is 495. The number of hydrogen-bond donors (Lipinski definition) is 2. The molecule has 0 amide bonds. The van der Waals surface area contributed by atoms with Gasteiger partial charge in [-0.25, -0.2) is 0 Å². The van der Waals surface area contributed by atoms with Gasteiger partial charge in [-0.15, -0.1) is 0 Å². The fourth-order valence-electron chi connectivity index (χ4n) is 2.91. The largest absolute Gasteiger partial charge is 0.504 e. The third kappa shape index (κ3) is 6.85. The molecule has 0 aromatic heterocycles. The first-order valence-electron chi connectivity index (χ1n) is 9.08. The van der Waals surface area contributed by atoms with Gasteiger partial charge in [0.1, 0.15) is 0 Å². The maximum atomic E-state index is 10.3. The van der Waals surface area contributed by atoms with Crippen molar-refractivity contribution in [2.24, 2.45) is 10.8 Å². The number of phenols is 2. The van der Waals surface area contributed by atoms with Crippen LogP contribution in [0.15, 0.2) is 12.1 Å². The lowest BCUT2D eigenvalue weighted by atomic mass is 9.83. The highest BCUT2D eigenvalue weighted by Crippen LogP contribution is 2.35. The molecule has 0 aliphatic rings. The Hall–Kier alpha value is -1.18. The molecule has 1 aromatic carbocycles. The molecule has 0 spiro atoms. The van der Waals surface area contributed by atoms with Crippen molar-refractivity contribution in [1.82, 2.24) is 0 Å². The fraction of sp³-hybridized carbons (Fsp3) is 0.714. The van der Waals surface area contributed by atoms with Gasteiger partial charge in [0.2, 0.25) is 0 Å². The van der Waals surface area contributed by atoms with Gasteiger partial charge in [0, 0.05) is 5.56 Å². The predicted molar refractivity (Wildman–Crippen MR) is 99.2 cm³/mol. The summed E-state index contributed by atoms with van der Waals surface area (Å²) < 4.78 is 0. The van der Waals surface area contributed by atoms with E-state index in [1.54, 1.807) is 6.07 Å². The van der Waals surface area contributed by atoms with E-state index in [-0.39, 0.29) is 11.5 Å². The summed E-state index contributed by atoms with van der Waals surface area (Å²) in [5, 5.41) is 20.1. The average Bonchev–Trinajstić information content (AvgIpc) is 2.44. The average molecular weight is 321 g/mol. The van der Waals surface area contributed by atoms with Gasteiger partial charge in [-0.3, -0.25) is 0 Å². The molecule has 0 aliphatic heterocycles. The molecule has 23 heavy (non-hydrogen) atoms. The Morgan fingerprint density at radius 3 is 2.04 bits per heavy atom. The van der Waals surface area contributed by atoms with Crippen LogP contribution in [0.1, 0.15) is 84.8 Å². The molecule has 2 N–H and O–H groups in total. The van der Waals surface area contributed by atoms with E-state index in [0.717, 1.165) is 37.7 Å². The second-order valence-corrected chi connectivity index (χ2v) is 8.86. The SMILES string of the molecule is CCC(C)(C)CCCc1ccc(O)c(O)c1CCCC(C)(C)C. The molecular weight excluding hydrogens is 284 g/mol. The fourth-order valence-corrected chi connectivity index (χ4v) is 2.91. The minimum Gasteiger partial charge on any atom is -0.504 e. The van der Waals surface area contributed by atoms with E-state index in [2.05, 4.69) is 41.5 Å². The van der Waals surface area contributed by atoms with Crippen LogP contribution < -0.4 is 0 Å². The first kappa shape index (κ1) is 19.9. The van der Waals surface area contributed by atoms with Crippen molar-refractivity contribution < 1.29 is 10.2 Å². The molecule has 0 saturated heterocycles. The standard InChI is InChI=1S/C21H36O2/c1-7-21(5,6)15-8-10-16-12-13-18(22)19(23)17(16)11-9-14-20(2,3)4/h12-13,22-23H,7-11,14-15H2,1-6H3. The second kappa shape index (κ2) is 8.08. The number of benzene rings is 1. The number of rotatable bonds is 8. The van der Waals surface area contributed by atoms with Crippen LogP contribution in [0.4, 0.5) is 0 Å². The van der Waals surface area contributed by atoms with E-state index >= 15 is 0 Å². The molecule has 132 valence electrons. The highest BCUT2D eigenvalue weighted by atomic mass is 16.3. The van der Waals surface area contributed by atoms with Gasteiger partial charge in [-0.1, -0.05) is 54.0 Å². The molecule has 2 nitrogen and oxygen atoms in total. The lowest BCUT2D eigenvalue weighted by Crippen LogP contribution is -2.10. The van der Waals surface area contributed by atoms with Gasteiger partial charge in [0.05, 0.1) is 0 Å². The van der Waals surface area contributed by atoms with Crippen LogP contribution in [-0.4, -0.2) is 10.2 Å². The summed E-state index contributed by atoms with van der Waals surface area (Å²) >= 11 is 0. The van der Waals surface area contributed by atoms with Crippen molar-refractivity contribution in [1.29, 1.82) is 0 Å². The number of aromatic hydroxyl groups is 2. The van der Waals surface area contributed by atoms with Crippen LogP contribution >= 0.6 is 0 Å². The lowest BCUT2D eigenvalue weighted by molar-refractivity contribution is 0.312. The molecule has 1 aromatic rings. The summed E-state index contributed by atoms with van der Waals surface area (Å²) in [4.78, 5) is 0. The third-order valence-electron chi connectivity index (χ3n) is 4.97. The van der Waals surface area contributed by atoms with Crippen LogP contribution in [-0.2, 0) is 12.8 Å². The molecule has 0 bridgehead atoms. The zero-order chi connectivity index (χ0) is 17.7. The van der Waals surface area contributed by atoms with Crippen LogP contribution in [0.3, 0.4) is 0 Å². The van der Waals surface area contributed by atoms with Gasteiger partial charge in [0.25, 0.3) is 0 Å². The molecule has 0 saturated carbocycles. The zero-order valence-electron chi connectivity index (χ0n) is 16.0. The summed E-state index contributed by atoms with van der Waals surface area (Å²) in [7, 11) is 0. The van der Waals surface area contributed by atoms with E-state index in [0.29, 0.717) is 10.8 Å². The van der Waals surface area contributed by atoms with Crippen molar-refractivity contribution >= 4 is 0 Å². The summed E-state index contributed by atoms with van der Waals surface area (Å²) in [6.07, 6.45) is 7.46. The molecule has 0 heterocycles. The first-order valence-corrected chi connectivity index (χ1v) is 9.08. The van der Waals surface area contributed by atoms with Crippen molar-refractivity contribution in [3.63, 3.8) is 0 Å². The Kier molecular flexibility index (Phi) is 6.98. The molecule has 0 aliphatic carbocycles. The highest BCUT2D eigenvalue weighted by molar-refractivity contribution is 5.49. The number of phenolic OH excluding ortho intramolecular Hbond substituents is 2. The third-order valence-corrected chi connectivity index (χ3v) is 4.97. The van der Waals surface area contributed by atoms with Crippen LogP contribution in [0.2, 0.25) is 0 Å². The minimum absolute atomic E-state index is 0.00777. The van der Waals surface area contributed by atoms with Crippen molar-refractivity contribution in [2.45, 2.75) is 86.5 Å².